The average molecular weight is 607 g/mol. The fraction of sp³-hybridized carbons (Fsp3) is 0.441. The number of carbonyl (C=O) groups excluding carboxylic acids is 1. The summed E-state index contributed by atoms with van der Waals surface area (Å²) >= 11 is 0. The van der Waals surface area contributed by atoms with Crippen LogP contribution < -0.4 is 18.9 Å². The summed E-state index contributed by atoms with van der Waals surface area (Å²) in [5.41, 5.74) is 2.77. The first-order valence-corrected chi connectivity index (χ1v) is 17.5. The van der Waals surface area contributed by atoms with Crippen molar-refractivity contribution in [2.24, 2.45) is 11.8 Å². The van der Waals surface area contributed by atoms with E-state index in [0.717, 1.165) is 16.7 Å². The van der Waals surface area contributed by atoms with E-state index in [9.17, 15) is 4.79 Å². The number of esters is 1. The van der Waals surface area contributed by atoms with E-state index < -0.39 is 26.4 Å². The van der Waals surface area contributed by atoms with Crippen molar-refractivity contribution in [1.82, 2.24) is 0 Å². The molecule has 9 heteroatoms. The predicted molar refractivity (Wildman–Crippen MR) is 165 cm³/mol. The number of methoxy groups -OCH3 is 2. The van der Waals surface area contributed by atoms with Crippen molar-refractivity contribution < 1.29 is 37.6 Å². The zero-order chi connectivity index (χ0) is 30.8. The molecular formula is C34H42O8Si. The zero-order valence-electron chi connectivity index (χ0n) is 26.0. The van der Waals surface area contributed by atoms with Crippen LogP contribution in [0.2, 0.25) is 18.1 Å². The number of hydrogen-bond acceptors (Lipinski definition) is 8. The zero-order valence-corrected chi connectivity index (χ0v) is 27.0. The molecule has 0 bridgehead atoms. The summed E-state index contributed by atoms with van der Waals surface area (Å²) in [6, 6.07) is 21.5. The molecule has 3 aromatic rings. The van der Waals surface area contributed by atoms with E-state index in [1.54, 1.807) is 7.11 Å². The summed E-state index contributed by atoms with van der Waals surface area (Å²) in [5.74, 6) is 1.26. The molecule has 0 aliphatic carbocycles. The lowest BCUT2D eigenvalue weighted by Gasteiger charge is -2.41. The minimum atomic E-state index is -2.30. The second kappa shape index (κ2) is 12.6. The van der Waals surface area contributed by atoms with Crippen LogP contribution in [0.4, 0.5) is 0 Å². The fourth-order valence-electron chi connectivity index (χ4n) is 5.36. The Morgan fingerprint density at radius 1 is 0.953 bits per heavy atom. The second-order valence-corrected chi connectivity index (χ2v) is 17.3. The molecule has 0 saturated carbocycles. The largest absolute Gasteiger partial charge is 0.493 e. The van der Waals surface area contributed by atoms with Crippen LogP contribution >= 0.6 is 0 Å². The van der Waals surface area contributed by atoms with E-state index in [-0.39, 0.29) is 23.7 Å². The number of rotatable bonds is 10. The maximum Gasteiger partial charge on any atom is 0.312 e. The molecule has 0 spiro atoms. The third-order valence-corrected chi connectivity index (χ3v) is 13.3. The molecule has 4 atom stereocenters. The molecule has 0 N–H and O–H groups in total. The molecule has 43 heavy (non-hydrogen) atoms. The highest BCUT2D eigenvalue weighted by molar-refractivity contribution is 6.74. The van der Waals surface area contributed by atoms with Crippen molar-refractivity contribution in [2.75, 3.05) is 27.6 Å². The van der Waals surface area contributed by atoms with E-state index >= 15 is 0 Å². The third-order valence-electron chi connectivity index (χ3n) is 8.82. The van der Waals surface area contributed by atoms with Crippen LogP contribution in [0, 0.1) is 11.8 Å². The van der Waals surface area contributed by atoms with Gasteiger partial charge in [-0.15, -0.1) is 0 Å². The molecule has 0 unspecified atom stereocenters. The van der Waals surface area contributed by atoms with Crippen LogP contribution in [0.25, 0.3) is 0 Å². The summed E-state index contributed by atoms with van der Waals surface area (Å²) in [4.78, 5) is 13.5. The molecule has 0 amide bonds. The first kappa shape index (κ1) is 30.9. The Morgan fingerprint density at radius 2 is 1.70 bits per heavy atom. The number of ether oxygens (including phenoxy) is 6. The molecule has 2 heterocycles. The minimum Gasteiger partial charge on any atom is -0.493 e. The van der Waals surface area contributed by atoms with Gasteiger partial charge in [0, 0.05) is 5.92 Å². The Kier molecular flexibility index (Phi) is 9.06. The summed E-state index contributed by atoms with van der Waals surface area (Å²) in [6.45, 7) is 11.9. The molecule has 230 valence electrons. The van der Waals surface area contributed by atoms with Gasteiger partial charge in [0.25, 0.3) is 0 Å². The van der Waals surface area contributed by atoms with Gasteiger partial charge >= 0.3 is 5.97 Å². The lowest BCUT2D eigenvalue weighted by atomic mass is 9.81. The molecule has 0 radical (unpaired) electrons. The quantitative estimate of drug-likeness (QED) is 0.176. The van der Waals surface area contributed by atoms with Gasteiger partial charge in [-0.1, -0.05) is 63.2 Å². The van der Waals surface area contributed by atoms with Crippen molar-refractivity contribution in [3.05, 3.63) is 83.4 Å². The van der Waals surface area contributed by atoms with Gasteiger partial charge in [0.1, 0.15) is 6.61 Å². The van der Waals surface area contributed by atoms with Crippen molar-refractivity contribution >= 4 is 14.3 Å². The van der Waals surface area contributed by atoms with Crippen LogP contribution in [-0.2, 0) is 25.3 Å². The Balaban J connectivity index is 1.47. The molecule has 2 aliphatic rings. The van der Waals surface area contributed by atoms with Crippen LogP contribution in [0.3, 0.4) is 0 Å². The number of benzene rings is 3. The van der Waals surface area contributed by atoms with Gasteiger partial charge in [0.2, 0.25) is 6.79 Å². The number of carbonyl (C=O) groups is 1. The molecular weight excluding hydrogens is 564 g/mol. The second-order valence-electron chi connectivity index (χ2n) is 12.6. The molecule has 3 aromatic carbocycles. The third kappa shape index (κ3) is 6.54. The molecule has 1 fully saturated rings. The summed E-state index contributed by atoms with van der Waals surface area (Å²) in [5, 5.41) is -0.0514. The van der Waals surface area contributed by atoms with Gasteiger partial charge < -0.3 is 32.8 Å². The van der Waals surface area contributed by atoms with E-state index in [4.69, 9.17) is 32.8 Å². The predicted octanol–water partition coefficient (Wildman–Crippen LogP) is 7.24. The van der Waals surface area contributed by atoms with Gasteiger partial charge in [0.05, 0.1) is 39.0 Å². The Hall–Kier alpha value is -3.53. The van der Waals surface area contributed by atoms with Crippen molar-refractivity contribution in [2.45, 2.75) is 57.7 Å². The monoisotopic (exact) mass is 606 g/mol. The fourth-order valence-corrected chi connectivity index (χ4v) is 6.66. The van der Waals surface area contributed by atoms with Crippen molar-refractivity contribution in [3.8, 4) is 23.0 Å². The van der Waals surface area contributed by atoms with Crippen LogP contribution in [0.15, 0.2) is 66.7 Å². The van der Waals surface area contributed by atoms with E-state index in [1.807, 2.05) is 66.7 Å². The smallest absolute Gasteiger partial charge is 0.312 e. The molecule has 8 nitrogen and oxygen atoms in total. The number of fused-ring (bicyclic) bond motifs is 1. The normalized spacial score (nSPS) is 20.5. The highest BCUT2D eigenvalue weighted by Crippen LogP contribution is 2.51. The van der Waals surface area contributed by atoms with Gasteiger partial charge in [-0.05, 0) is 59.1 Å². The van der Waals surface area contributed by atoms with Crippen LogP contribution in [0.1, 0.15) is 49.7 Å². The topological polar surface area (TPSA) is 81.7 Å². The van der Waals surface area contributed by atoms with Crippen molar-refractivity contribution in [1.29, 1.82) is 0 Å². The van der Waals surface area contributed by atoms with Crippen LogP contribution in [-0.4, -0.2) is 41.9 Å². The highest BCUT2D eigenvalue weighted by atomic mass is 28.4. The maximum absolute atomic E-state index is 13.5. The van der Waals surface area contributed by atoms with E-state index in [1.165, 1.54) is 7.11 Å². The molecule has 0 aromatic heterocycles. The van der Waals surface area contributed by atoms with Gasteiger partial charge in [-0.2, -0.15) is 0 Å². The SMILES string of the molecule is COC(=O)[C@H]1[C@@H]([C@H](O[Si](C)(C)C(C)(C)C)c2ccc3c(c2)OCO3)CO[C@@H]1c1ccc(OCc2ccccc2)c(OC)c1. The molecule has 2 aliphatic heterocycles. The Morgan fingerprint density at radius 3 is 2.40 bits per heavy atom. The highest BCUT2D eigenvalue weighted by Gasteiger charge is 2.51. The molecule has 1 saturated heterocycles. The summed E-state index contributed by atoms with van der Waals surface area (Å²) < 4.78 is 41.9. The first-order chi connectivity index (χ1) is 20.5. The van der Waals surface area contributed by atoms with Gasteiger partial charge in [0.15, 0.2) is 31.3 Å². The summed E-state index contributed by atoms with van der Waals surface area (Å²) in [7, 11) is 0.726. The van der Waals surface area contributed by atoms with E-state index in [2.05, 4.69) is 33.9 Å². The standard InChI is InChI=1S/C34H42O8Si/c1-34(2,3)43(6,7)42-31(23-13-16-27-29(18-23)41-21-40-27)25-20-39-32(30(25)33(35)37-5)24-14-15-26(28(17-24)36-4)38-19-22-11-9-8-10-12-22/h8-18,25,30-32H,19-21H2,1-7H3/t25-,30-,31+,32+/m0/s1. The van der Waals surface area contributed by atoms with E-state index in [0.29, 0.717) is 36.2 Å². The maximum atomic E-state index is 13.5. The Bertz CT molecular complexity index is 1420. The average Bonchev–Trinajstić information content (AvgIpc) is 3.65. The van der Waals surface area contributed by atoms with Crippen LogP contribution in [0.5, 0.6) is 23.0 Å². The lowest BCUT2D eigenvalue weighted by molar-refractivity contribution is -0.149. The first-order valence-electron chi connectivity index (χ1n) is 14.6. The van der Waals surface area contributed by atoms with Gasteiger partial charge in [-0.3, -0.25) is 4.79 Å². The minimum absolute atomic E-state index is 0.0514. The molecule has 5 rings (SSSR count). The summed E-state index contributed by atoms with van der Waals surface area (Å²) in [6.07, 6.45) is -0.992. The number of hydrogen-bond donors (Lipinski definition) is 0. The lowest BCUT2D eigenvalue weighted by Crippen LogP contribution is -2.44. The van der Waals surface area contributed by atoms with Crippen molar-refractivity contribution in [3.63, 3.8) is 0 Å². The Labute approximate surface area is 255 Å². The van der Waals surface area contributed by atoms with Gasteiger partial charge in [-0.25, -0.2) is 0 Å².